The summed E-state index contributed by atoms with van der Waals surface area (Å²) in [6.07, 6.45) is 0. The van der Waals surface area contributed by atoms with Crippen molar-refractivity contribution in [3.63, 3.8) is 0 Å². The van der Waals surface area contributed by atoms with E-state index in [1.54, 1.807) is 6.07 Å². The lowest BCUT2D eigenvalue weighted by Gasteiger charge is -2.09. The lowest BCUT2D eigenvalue weighted by atomic mass is 10.2. The molecule has 1 heterocycles. The van der Waals surface area contributed by atoms with Crippen molar-refractivity contribution >= 4 is 23.1 Å². The average molecular weight is 278 g/mol. The van der Waals surface area contributed by atoms with Gasteiger partial charge in [-0.15, -0.1) is 11.6 Å². The molecule has 0 fully saturated rings. The first-order chi connectivity index (χ1) is 9.21. The third-order valence-electron chi connectivity index (χ3n) is 2.46. The summed E-state index contributed by atoms with van der Waals surface area (Å²) in [4.78, 5) is 8.54. The number of nitrogens with zero attached hydrogens (tertiary/aromatic N) is 2. The zero-order chi connectivity index (χ0) is 13.7. The van der Waals surface area contributed by atoms with Crippen molar-refractivity contribution in [2.75, 3.05) is 11.9 Å². The molecule has 0 aliphatic heterocycles. The standard InChI is InChI=1S/C14H16ClN3O/c1-3-19-14-8-13(16-10(2)17-14)18-12-6-4-5-11(7-12)9-15/h4-8H,3,9H2,1-2H3,(H,16,17,18). The molecule has 0 saturated heterocycles. The van der Waals surface area contributed by atoms with Gasteiger partial charge in [-0.2, -0.15) is 4.98 Å². The highest BCUT2D eigenvalue weighted by molar-refractivity contribution is 6.17. The second kappa shape index (κ2) is 6.38. The maximum absolute atomic E-state index is 5.82. The molecule has 0 aliphatic rings. The third-order valence-corrected chi connectivity index (χ3v) is 2.77. The Labute approximate surface area is 117 Å². The van der Waals surface area contributed by atoms with Gasteiger partial charge in [-0.05, 0) is 31.5 Å². The Morgan fingerprint density at radius 2 is 2.11 bits per heavy atom. The maximum atomic E-state index is 5.82. The van der Waals surface area contributed by atoms with Crippen molar-refractivity contribution < 1.29 is 4.74 Å². The summed E-state index contributed by atoms with van der Waals surface area (Å²) < 4.78 is 5.40. The molecule has 1 aromatic carbocycles. The van der Waals surface area contributed by atoms with Crippen molar-refractivity contribution in [1.29, 1.82) is 0 Å². The molecule has 1 N–H and O–H groups in total. The van der Waals surface area contributed by atoms with Crippen LogP contribution in [-0.4, -0.2) is 16.6 Å². The molecule has 2 aromatic rings. The van der Waals surface area contributed by atoms with Crippen LogP contribution >= 0.6 is 11.6 Å². The summed E-state index contributed by atoms with van der Waals surface area (Å²) in [5.41, 5.74) is 2.00. The first kappa shape index (κ1) is 13.6. The fraction of sp³-hybridized carbons (Fsp3) is 0.286. The summed E-state index contributed by atoms with van der Waals surface area (Å²) in [5.74, 6) is 2.44. The third kappa shape index (κ3) is 3.83. The molecule has 0 saturated carbocycles. The first-order valence-electron chi connectivity index (χ1n) is 6.11. The number of anilines is 2. The number of ether oxygens (including phenoxy) is 1. The van der Waals surface area contributed by atoms with E-state index in [1.807, 2.05) is 38.1 Å². The van der Waals surface area contributed by atoms with E-state index in [2.05, 4.69) is 15.3 Å². The Morgan fingerprint density at radius 1 is 1.26 bits per heavy atom. The normalized spacial score (nSPS) is 10.3. The minimum absolute atomic E-state index is 0.489. The molecule has 0 atom stereocenters. The number of alkyl halides is 1. The highest BCUT2D eigenvalue weighted by Crippen LogP contribution is 2.20. The zero-order valence-electron chi connectivity index (χ0n) is 11.0. The van der Waals surface area contributed by atoms with Gasteiger partial charge in [0, 0.05) is 17.6 Å². The van der Waals surface area contributed by atoms with Crippen molar-refractivity contribution in [1.82, 2.24) is 9.97 Å². The topological polar surface area (TPSA) is 47.0 Å². The minimum atomic E-state index is 0.489. The van der Waals surface area contributed by atoms with Crippen LogP contribution in [0, 0.1) is 6.92 Å². The highest BCUT2D eigenvalue weighted by Gasteiger charge is 2.03. The molecular formula is C14H16ClN3O. The van der Waals surface area contributed by atoms with Crippen LogP contribution in [0.1, 0.15) is 18.3 Å². The molecule has 5 heteroatoms. The summed E-state index contributed by atoms with van der Waals surface area (Å²) in [6, 6.07) is 9.68. The molecule has 0 radical (unpaired) electrons. The number of aryl methyl sites for hydroxylation is 1. The van der Waals surface area contributed by atoms with Gasteiger partial charge in [-0.25, -0.2) is 4.98 Å². The Bertz CT molecular complexity index is 560. The molecule has 4 nitrogen and oxygen atoms in total. The number of hydrogen-bond donors (Lipinski definition) is 1. The molecule has 0 amide bonds. The van der Waals surface area contributed by atoms with Crippen LogP contribution in [0.15, 0.2) is 30.3 Å². The van der Waals surface area contributed by atoms with E-state index in [0.29, 0.717) is 30.0 Å². The lowest BCUT2D eigenvalue weighted by Crippen LogP contribution is -2.01. The van der Waals surface area contributed by atoms with E-state index >= 15 is 0 Å². The quantitative estimate of drug-likeness (QED) is 0.847. The SMILES string of the molecule is CCOc1cc(Nc2cccc(CCl)c2)nc(C)n1. The summed E-state index contributed by atoms with van der Waals surface area (Å²) >= 11 is 5.82. The van der Waals surface area contributed by atoms with E-state index in [0.717, 1.165) is 11.3 Å². The fourth-order valence-electron chi connectivity index (χ4n) is 1.71. The van der Waals surface area contributed by atoms with Gasteiger partial charge in [-0.1, -0.05) is 12.1 Å². The molecule has 0 aliphatic carbocycles. The molecule has 100 valence electrons. The molecule has 19 heavy (non-hydrogen) atoms. The number of rotatable bonds is 5. The predicted octanol–water partition coefficient (Wildman–Crippen LogP) is 3.67. The predicted molar refractivity (Wildman–Crippen MR) is 77.2 cm³/mol. The van der Waals surface area contributed by atoms with E-state index < -0.39 is 0 Å². The van der Waals surface area contributed by atoms with Crippen LogP contribution in [0.2, 0.25) is 0 Å². The number of halogens is 1. The zero-order valence-corrected chi connectivity index (χ0v) is 11.7. The monoisotopic (exact) mass is 277 g/mol. The Kier molecular flexibility index (Phi) is 4.58. The fourth-order valence-corrected chi connectivity index (χ4v) is 1.87. The highest BCUT2D eigenvalue weighted by atomic mass is 35.5. The van der Waals surface area contributed by atoms with Crippen LogP contribution < -0.4 is 10.1 Å². The van der Waals surface area contributed by atoms with E-state index in [9.17, 15) is 0 Å². The van der Waals surface area contributed by atoms with Gasteiger partial charge in [0.05, 0.1) is 6.61 Å². The van der Waals surface area contributed by atoms with Gasteiger partial charge in [0.1, 0.15) is 11.6 Å². The van der Waals surface area contributed by atoms with Crippen molar-refractivity contribution in [3.8, 4) is 5.88 Å². The smallest absolute Gasteiger partial charge is 0.218 e. The Balaban J connectivity index is 2.22. The van der Waals surface area contributed by atoms with Gasteiger partial charge in [-0.3, -0.25) is 0 Å². The number of nitrogens with one attached hydrogen (secondary N) is 1. The Morgan fingerprint density at radius 3 is 2.84 bits per heavy atom. The van der Waals surface area contributed by atoms with E-state index in [1.165, 1.54) is 0 Å². The molecule has 1 aromatic heterocycles. The molecule has 0 bridgehead atoms. The lowest BCUT2D eigenvalue weighted by molar-refractivity contribution is 0.325. The van der Waals surface area contributed by atoms with Gasteiger partial charge in [0.25, 0.3) is 0 Å². The van der Waals surface area contributed by atoms with E-state index in [-0.39, 0.29) is 0 Å². The second-order valence-corrected chi connectivity index (χ2v) is 4.30. The first-order valence-corrected chi connectivity index (χ1v) is 6.65. The number of benzene rings is 1. The van der Waals surface area contributed by atoms with Crippen molar-refractivity contribution in [3.05, 3.63) is 41.7 Å². The van der Waals surface area contributed by atoms with Gasteiger partial charge in [0.2, 0.25) is 5.88 Å². The number of aromatic nitrogens is 2. The summed E-state index contributed by atoms with van der Waals surface area (Å²) in [7, 11) is 0. The van der Waals surface area contributed by atoms with Crippen molar-refractivity contribution in [2.45, 2.75) is 19.7 Å². The van der Waals surface area contributed by atoms with Gasteiger partial charge in [0.15, 0.2) is 0 Å². The number of hydrogen-bond acceptors (Lipinski definition) is 4. The van der Waals surface area contributed by atoms with E-state index in [4.69, 9.17) is 16.3 Å². The minimum Gasteiger partial charge on any atom is -0.478 e. The molecule has 0 unspecified atom stereocenters. The van der Waals surface area contributed by atoms with Crippen LogP contribution in [0.5, 0.6) is 5.88 Å². The Hall–Kier alpha value is -1.81. The molecule has 0 spiro atoms. The van der Waals surface area contributed by atoms with Gasteiger partial charge < -0.3 is 10.1 Å². The summed E-state index contributed by atoms with van der Waals surface area (Å²) in [5, 5.41) is 3.23. The second-order valence-electron chi connectivity index (χ2n) is 4.03. The van der Waals surface area contributed by atoms with Crippen LogP contribution in [-0.2, 0) is 5.88 Å². The maximum Gasteiger partial charge on any atom is 0.218 e. The molecule has 2 rings (SSSR count). The van der Waals surface area contributed by atoms with Crippen LogP contribution in [0.4, 0.5) is 11.5 Å². The largest absolute Gasteiger partial charge is 0.478 e. The van der Waals surface area contributed by atoms with Crippen LogP contribution in [0.3, 0.4) is 0 Å². The van der Waals surface area contributed by atoms with Crippen molar-refractivity contribution in [2.24, 2.45) is 0 Å². The van der Waals surface area contributed by atoms with Gasteiger partial charge >= 0.3 is 0 Å². The summed E-state index contributed by atoms with van der Waals surface area (Å²) in [6.45, 7) is 4.34. The average Bonchev–Trinajstić information content (AvgIpc) is 2.38. The molecular weight excluding hydrogens is 262 g/mol. The van der Waals surface area contributed by atoms with Crippen LogP contribution in [0.25, 0.3) is 0 Å².